The lowest BCUT2D eigenvalue weighted by Gasteiger charge is -2.26. The van der Waals surface area contributed by atoms with E-state index in [1.54, 1.807) is 11.9 Å². The minimum Gasteiger partial charge on any atom is -0.304 e. The highest BCUT2D eigenvalue weighted by molar-refractivity contribution is 6.44. The van der Waals surface area contributed by atoms with Crippen LogP contribution in [0, 0.1) is 0 Å². The Hall–Kier alpha value is -2.17. The smallest absolute Gasteiger partial charge is 0.274 e. The summed E-state index contributed by atoms with van der Waals surface area (Å²) in [6, 6.07) is 8.08. The molecule has 0 saturated carbocycles. The standard InChI is InChI=1S/C15H17N3O2/c1-10-9-11-5-3-4-6-13(11)18(10)15(20)12-7-8-14(19)17(2)16-12/h3-6,10H,7-9H2,1-2H3. The van der Waals surface area contributed by atoms with Gasteiger partial charge in [0.2, 0.25) is 5.91 Å². The zero-order valence-electron chi connectivity index (χ0n) is 11.7. The lowest BCUT2D eigenvalue weighted by Crippen LogP contribution is -2.43. The summed E-state index contributed by atoms with van der Waals surface area (Å²) >= 11 is 0. The van der Waals surface area contributed by atoms with Crippen molar-refractivity contribution >= 4 is 23.2 Å². The third-order valence-corrected chi connectivity index (χ3v) is 3.88. The van der Waals surface area contributed by atoms with Crippen molar-refractivity contribution in [2.24, 2.45) is 5.10 Å². The Morgan fingerprint density at radius 3 is 2.80 bits per heavy atom. The number of para-hydroxylation sites is 1. The van der Waals surface area contributed by atoms with Gasteiger partial charge < -0.3 is 4.90 Å². The number of amides is 2. The summed E-state index contributed by atoms with van der Waals surface area (Å²) in [7, 11) is 1.59. The van der Waals surface area contributed by atoms with Crippen LogP contribution in [0.1, 0.15) is 25.3 Å². The van der Waals surface area contributed by atoms with Crippen LogP contribution < -0.4 is 4.90 Å². The Labute approximate surface area is 117 Å². The van der Waals surface area contributed by atoms with E-state index in [0.717, 1.165) is 12.1 Å². The van der Waals surface area contributed by atoms with Gasteiger partial charge in [-0.1, -0.05) is 18.2 Å². The maximum absolute atomic E-state index is 12.7. The van der Waals surface area contributed by atoms with E-state index in [1.165, 1.54) is 10.6 Å². The molecule has 20 heavy (non-hydrogen) atoms. The molecule has 1 unspecified atom stereocenters. The van der Waals surface area contributed by atoms with Crippen molar-refractivity contribution in [3.05, 3.63) is 29.8 Å². The largest absolute Gasteiger partial charge is 0.304 e. The van der Waals surface area contributed by atoms with Gasteiger partial charge in [0.15, 0.2) is 0 Å². The first-order chi connectivity index (χ1) is 9.58. The van der Waals surface area contributed by atoms with Gasteiger partial charge in [-0.2, -0.15) is 5.10 Å². The maximum atomic E-state index is 12.7. The summed E-state index contributed by atoms with van der Waals surface area (Å²) in [5.74, 6) is -0.127. The second-order valence-corrected chi connectivity index (χ2v) is 5.32. The lowest BCUT2D eigenvalue weighted by atomic mass is 10.1. The molecule has 1 atom stereocenters. The Morgan fingerprint density at radius 2 is 2.05 bits per heavy atom. The molecule has 5 heteroatoms. The fourth-order valence-electron chi connectivity index (χ4n) is 2.84. The van der Waals surface area contributed by atoms with Crippen LogP contribution in [0.15, 0.2) is 29.4 Å². The second kappa shape index (κ2) is 4.74. The number of carbonyl (C=O) groups is 2. The number of rotatable bonds is 1. The molecule has 0 fully saturated rings. The Morgan fingerprint density at radius 1 is 1.30 bits per heavy atom. The number of anilines is 1. The fraction of sp³-hybridized carbons (Fsp3) is 0.400. The van der Waals surface area contributed by atoms with Crippen molar-refractivity contribution in [1.82, 2.24) is 5.01 Å². The molecule has 2 aliphatic heterocycles. The Balaban J connectivity index is 1.92. The normalized spacial score (nSPS) is 21.8. The number of fused-ring (bicyclic) bond motifs is 1. The lowest BCUT2D eigenvalue weighted by molar-refractivity contribution is -0.130. The molecular weight excluding hydrogens is 254 g/mol. The van der Waals surface area contributed by atoms with Gasteiger partial charge in [0, 0.05) is 31.6 Å². The summed E-state index contributed by atoms with van der Waals surface area (Å²) in [6.07, 6.45) is 1.64. The summed E-state index contributed by atoms with van der Waals surface area (Å²) in [5.41, 5.74) is 2.62. The van der Waals surface area contributed by atoms with Gasteiger partial charge in [0.05, 0.1) is 0 Å². The molecule has 0 bridgehead atoms. The molecule has 2 aliphatic rings. The SMILES string of the molecule is CC1Cc2ccccc2N1C(=O)C1=NN(C)C(=O)CC1. The fourth-order valence-corrected chi connectivity index (χ4v) is 2.84. The first-order valence-electron chi connectivity index (χ1n) is 6.83. The average Bonchev–Trinajstić information content (AvgIpc) is 2.77. The minimum atomic E-state index is -0.0817. The third kappa shape index (κ3) is 1.99. The van der Waals surface area contributed by atoms with E-state index in [-0.39, 0.29) is 17.9 Å². The van der Waals surface area contributed by atoms with E-state index >= 15 is 0 Å². The van der Waals surface area contributed by atoms with Gasteiger partial charge in [-0.15, -0.1) is 0 Å². The monoisotopic (exact) mass is 271 g/mol. The molecule has 0 aliphatic carbocycles. The van der Waals surface area contributed by atoms with Crippen molar-refractivity contribution in [3.8, 4) is 0 Å². The molecule has 0 N–H and O–H groups in total. The maximum Gasteiger partial charge on any atom is 0.274 e. The van der Waals surface area contributed by atoms with Gasteiger partial charge in [-0.25, -0.2) is 5.01 Å². The molecular formula is C15H17N3O2. The van der Waals surface area contributed by atoms with Crippen LogP contribution in [0.25, 0.3) is 0 Å². The van der Waals surface area contributed by atoms with Gasteiger partial charge >= 0.3 is 0 Å². The van der Waals surface area contributed by atoms with E-state index in [9.17, 15) is 9.59 Å². The molecule has 2 heterocycles. The molecule has 5 nitrogen and oxygen atoms in total. The van der Waals surface area contributed by atoms with Crippen LogP contribution in [0.3, 0.4) is 0 Å². The predicted octanol–water partition coefficient (Wildman–Crippen LogP) is 1.57. The zero-order chi connectivity index (χ0) is 14.3. The molecule has 104 valence electrons. The Bertz CT molecular complexity index is 609. The van der Waals surface area contributed by atoms with E-state index in [2.05, 4.69) is 11.2 Å². The molecule has 1 aromatic carbocycles. The molecule has 2 amide bonds. The van der Waals surface area contributed by atoms with E-state index < -0.39 is 0 Å². The first-order valence-corrected chi connectivity index (χ1v) is 6.83. The topological polar surface area (TPSA) is 53.0 Å². The van der Waals surface area contributed by atoms with Crippen molar-refractivity contribution in [2.75, 3.05) is 11.9 Å². The van der Waals surface area contributed by atoms with Crippen LogP contribution in [0.5, 0.6) is 0 Å². The number of carbonyl (C=O) groups excluding carboxylic acids is 2. The van der Waals surface area contributed by atoms with E-state index in [4.69, 9.17) is 0 Å². The number of hydrazone groups is 1. The van der Waals surface area contributed by atoms with Crippen molar-refractivity contribution in [2.45, 2.75) is 32.2 Å². The van der Waals surface area contributed by atoms with Crippen LogP contribution in [-0.4, -0.2) is 35.6 Å². The molecule has 3 rings (SSSR count). The molecule has 0 aromatic heterocycles. The molecule has 0 spiro atoms. The quantitative estimate of drug-likeness (QED) is 0.778. The van der Waals surface area contributed by atoms with Gasteiger partial charge in [0.25, 0.3) is 5.91 Å². The highest BCUT2D eigenvalue weighted by Crippen LogP contribution is 2.32. The van der Waals surface area contributed by atoms with Gasteiger partial charge in [0.1, 0.15) is 5.71 Å². The summed E-state index contributed by atoms with van der Waals surface area (Å²) < 4.78 is 0. The van der Waals surface area contributed by atoms with Crippen molar-refractivity contribution in [3.63, 3.8) is 0 Å². The van der Waals surface area contributed by atoms with E-state index in [0.29, 0.717) is 18.6 Å². The second-order valence-electron chi connectivity index (χ2n) is 5.32. The predicted molar refractivity (Wildman–Crippen MR) is 76.5 cm³/mol. The van der Waals surface area contributed by atoms with Gasteiger partial charge in [-0.3, -0.25) is 9.59 Å². The highest BCUT2D eigenvalue weighted by atomic mass is 16.2. The zero-order valence-corrected chi connectivity index (χ0v) is 11.7. The summed E-state index contributed by atoms with van der Waals surface area (Å²) in [6.45, 7) is 2.04. The molecule has 1 aromatic rings. The van der Waals surface area contributed by atoms with Crippen molar-refractivity contribution < 1.29 is 9.59 Å². The van der Waals surface area contributed by atoms with Crippen LogP contribution in [0.2, 0.25) is 0 Å². The highest BCUT2D eigenvalue weighted by Gasteiger charge is 2.34. The first kappa shape index (κ1) is 12.8. The molecule has 0 saturated heterocycles. The average molecular weight is 271 g/mol. The van der Waals surface area contributed by atoms with Crippen LogP contribution in [0.4, 0.5) is 5.69 Å². The summed E-state index contributed by atoms with van der Waals surface area (Å²) in [4.78, 5) is 25.9. The number of benzene rings is 1. The number of hydrogen-bond donors (Lipinski definition) is 0. The molecule has 0 radical (unpaired) electrons. The number of nitrogens with zero attached hydrogens (tertiary/aromatic N) is 3. The number of hydrogen-bond acceptors (Lipinski definition) is 3. The summed E-state index contributed by atoms with van der Waals surface area (Å²) in [5, 5.41) is 5.39. The van der Waals surface area contributed by atoms with Gasteiger partial charge in [-0.05, 0) is 25.0 Å². The van der Waals surface area contributed by atoms with Crippen LogP contribution in [-0.2, 0) is 16.0 Å². The van der Waals surface area contributed by atoms with Crippen LogP contribution >= 0.6 is 0 Å². The van der Waals surface area contributed by atoms with Crippen molar-refractivity contribution in [1.29, 1.82) is 0 Å². The Kier molecular flexibility index (Phi) is 3.04. The minimum absolute atomic E-state index is 0.0450. The van der Waals surface area contributed by atoms with E-state index in [1.807, 2.05) is 25.1 Å². The third-order valence-electron chi connectivity index (χ3n) is 3.88.